The highest BCUT2D eigenvalue weighted by Crippen LogP contribution is 2.20. The van der Waals surface area contributed by atoms with Crippen molar-refractivity contribution >= 4 is 5.97 Å². The number of esters is 1. The Balaban J connectivity index is 1.78. The molecule has 0 spiro atoms. The minimum atomic E-state index is -0.0187. The van der Waals surface area contributed by atoms with E-state index in [1.165, 1.54) is 32.1 Å². The molecule has 14 heavy (non-hydrogen) atoms. The zero-order valence-corrected chi connectivity index (χ0v) is 9.42. The van der Waals surface area contributed by atoms with Gasteiger partial charge in [-0.15, -0.1) is 0 Å². The highest BCUT2D eigenvalue weighted by atomic mass is 16.6. The molecular weight excluding hydrogens is 176 g/mol. The average Bonchev–Trinajstić information content (AvgIpc) is 2.07. The van der Waals surface area contributed by atoms with Gasteiger partial charge in [-0.3, -0.25) is 4.79 Å². The summed E-state index contributed by atoms with van der Waals surface area (Å²) in [6, 6.07) is 0. The molecule has 0 aliphatic carbocycles. The van der Waals surface area contributed by atoms with Crippen molar-refractivity contribution in [2.24, 2.45) is 5.92 Å². The van der Waals surface area contributed by atoms with Crippen LogP contribution in [0.25, 0.3) is 0 Å². The van der Waals surface area contributed by atoms with E-state index in [9.17, 15) is 4.79 Å². The molecule has 2 nitrogen and oxygen atoms in total. The van der Waals surface area contributed by atoms with Crippen LogP contribution in [0.15, 0.2) is 0 Å². The second kappa shape index (κ2) is 6.05. The van der Waals surface area contributed by atoms with Crippen molar-refractivity contribution in [3.05, 3.63) is 0 Å². The van der Waals surface area contributed by atoms with Gasteiger partial charge in [0.1, 0.15) is 6.10 Å². The number of rotatable bonds is 7. The van der Waals surface area contributed by atoms with Gasteiger partial charge in [0.15, 0.2) is 0 Å². The number of ether oxygens (including phenoxy) is 1. The van der Waals surface area contributed by atoms with Crippen LogP contribution in [-0.2, 0) is 9.53 Å². The molecule has 1 heterocycles. The first kappa shape index (κ1) is 11.5. The van der Waals surface area contributed by atoms with E-state index in [-0.39, 0.29) is 12.1 Å². The van der Waals surface area contributed by atoms with Gasteiger partial charge in [0, 0.05) is 0 Å². The molecule has 1 rings (SSSR count). The molecular formula is C12H22O2. The Labute approximate surface area is 87.0 Å². The lowest BCUT2D eigenvalue weighted by Crippen LogP contribution is -2.32. The van der Waals surface area contributed by atoms with Crippen LogP contribution in [0, 0.1) is 5.92 Å². The van der Waals surface area contributed by atoms with Crippen LogP contribution in [0.2, 0.25) is 0 Å². The molecule has 0 aromatic carbocycles. The molecule has 0 aromatic rings. The summed E-state index contributed by atoms with van der Waals surface area (Å²) >= 11 is 0. The molecule has 0 amide bonds. The topological polar surface area (TPSA) is 26.3 Å². The Morgan fingerprint density at radius 1 is 1.29 bits per heavy atom. The third-order valence-electron chi connectivity index (χ3n) is 2.75. The fourth-order valence-corrected chi connectivity index (χ4v) is 1.80. The maximum atomic E-state index is 10.5. The van der Waals surface area contributed by atoms with Crippen molar-refractivity contribution in [1.82, 2.24) is 0 Å². The molecule has 1 atom stereocenters. The van der Waals surface area contributed by atoms with Crippen LogP contribution in [0.4, 0.5) is 0 Å². The molecule has 0 aromatic heterocycles. The lowest BCUT2D eigenvalue weighted by Gasteiger charge is -2.25. The van der Waals surface area contributed by atoms with Gasteiger partial charge in [0.05, 0.1) is 6.42 Å². The monoisotopic (exact) mass is 198 g/mol. The van der Waals surface area contributed by atoms with E-state index < -0.39 is 0 Å². The van der Waals surface area contributed by atoms with Crippen LogP contribution >= 0.6 is 0 Å². The predicted octanol–water partition coefficient (Wildman–Crippen LogP) is 3.30. The first-order valence-corrected chi connectivity index (χ1v) is 5.88. The Hall–Kier alpha value is -0.530. The third kappa shape index (κ3) is 4.64. The normalized spacial score (nSPS) is 20.8. The molecule has 0 bridgehead atoms. The first-order valence-electron chi connectivity index (χ1n) is 5.88. The van der Waals surface area contributed by atoms with E-state index in [2.05, 4.69) is 13.8 Å². The maximum absolute atomic E-state index is 10.5. The fourth-order valence-electron chi connectivity index (χ4n) is 1.80. The van der Waals surface area contributed by atoms with Crippen molar-refractivity contribution in [3.8, 4) is 0 Å². The van der Waals surface area contributed by atoms with Crippen LogP contribution < -0.4 is 0 Å². The number of carbonyl (C=O) groups is 1. The van der Waals surface area contributed by atoms with E-state index in [4.69, 9.17) is 4.74 Å². The lowest BCUT2D eigenvalue weighted by atomic mass is 10.0. The van der Waals surface area contributed by atoms with Crippen LogP contribution in [0.3, 0.4) is 0 Å². The number of hydrogen-bond donors (Lipinski definition) is 0. The molecule has 0 saturated carbocycles. The van der Waals surface area contributed by atoms with Gasteiger partial charge in [-0.05, 0) is 18.8 Å². The van der Waals surface area contributed by atoms with Crippen molar-refractivity contribution in [2.45, 2.75) is 64.9 Å². The Bertz CT molecular complexity index is 167. The average molecular weight is 198 g/mol. The molecule has 0 radical (unpaired) electrons. The van der Waals surface area contributed by atoms with E-state index >= 15 is 0 Å². The molecule has 2 heteroatoms. The standard InChI is InChI=1S/C12H22O2/c1-10(2)7-5-3-4-6-8-11-9-12(13)14-11/h10-11H,3-9H2,1-2H3. The molecule has 1 aliphatic heterocycles. The second-order valence-electron chi connectivity index (χ2n) is 4.70. The van der Waals surface area contributed by atoms with Gasteiger partial charge in [0.2, 0.25) is 0 Å². The quantitative estimate of drug-likeness (QED) is 0.463. The Kier molecular flexibility index (Phi) is 4.99. The van der Waals surface area contributed by atoms with Gasteiger partial charge in [-0.1, -0.05) is 39.5 Å². The molecule has 82 valence electrons. The number of hydrogen-bond acceptors (Lipinski definition) is 2. The van der Waals surface area contributed by atoms with Gasteiger partial charge in [-0.2, -0.15) is 0 Å². The first-order chi connectivity index (χ1) is 6.68. The summed E-state index contributed by atoms with van der Waals surface area (Å²) in [5.41, 5.74) is 0. The molecule has 1 fully saturated rings. The summed E-state index contributed by atoms with van der Waals surface area (Å²) in [6.45, 7) is 4.54. The van der Waals surface area contributed by atoms with Crippen molar-refractivity contribution in [2.75, 3.05) is 0 Å². The van der Waals surface area contributed by atoms with Gasteiger partial charge in [-0.25, -0.2) is 0 Å². The summed E-state index contributed by atoms with van der Waals surface area (Å²) in [7, 11) is 0. The Morgan fingerprint density at radius 2 is 1.93 bits per heavy atom. The summed E-state index contributed by atoms with van der Waals surface area (Å²) < 4.78 is 4.94. The van der Waals surface area contributed by atoms with E-state index in [0.717, 1.165) is 12.3 Å². The minimum absolute atomic E-state index is 0.0187. The maximum Gasteiger partial charge on any atom is 0.309 e. The predicted molar refractivity (Wildman–Crippen MR) is 57.0 cm³/mol. The molecule has 1 unspecified atom stereocenters. The van der Waals surface area contributed by atoms with Crippen molar-refractivity contribution in [3.63, 3.8) is 0 Å². The summed E-state index contributed by atoms with van der Waals surface area (Å²) in [6.07, 6.45) is 8.53. The summed E-state index contributed by atoms with van der Waals surface area (Å²) in [5, 5.41) is 0. The number of unbranched alkanes of at least 4 members (excludes halogenated alkanes) is 3. The molecule has 1 saturated heterocycles. The highest BCUT2D eigenvalue weighted by Gasteiger charge is 2.27. The van der Waals surface area contributed by atoms with Crippen LogP contribution in [0.5, 0.6) is 0 Å². The van der Waals surface area contributed by atoms with E-state index in [1.807, 2.05) is 0 Å². The SMILES string of the molecule is CC(C)CCCCCCC1CC(=O)O1. The number of cyclic esters (lactones) is 1. The van der Waals surface area contributed by atoms with Crippen molar-refractivity contribution < 1.29 is 9.53 Å². The Morgan fingerprint density at radius 3 is 2.50 bits per heavy atom. The molecule has 1 aliphatic rings. The zero-order chi connectivity index (χ0) is 10.4. The van der Waals surface area contributed by atoms with E-state index in [0.29, 0.717) is 6.42 Å². The third-order valence-corrected chi connectivity index (χ3v) is 2.75. The second-order valence-corrected chi connectivity index (χ2v) is 4.70. The lowest BCUT2D eigenvalue weighted by molar-refractivity contribution is -0.169. The highest BCUT2D eigenvalue weighted by molar-refractivity contribution is 5.75. The zero-order valence-electron chi connectivity index (χ0n) is 9.42. The van der Waals surface area contributed by atoms with Crippen LogP contribution in [-0.4, -0.2) is 12.1 Å². The number of carbonyl (C=O) groups excluding carboxylic acids is 1. The van der Waals surface area contributed by atoms with E-state index in [1.54, 1.807) is 0 Å². The fraction of sp³-hybridized carbons (Fsp3) is 0.917. The summed E-state index contributed by atoms with van der Waals surface area (Å²) in [4.78, 5) is 10.5. The summed E-state index contributed by atoms with van der Waals surface area (Å²) in [5.74, 6) is 0.817. The minimum Gasteiger partial charge on any atom is -0.462 e. The van der Waals surface area contributed by atoms with Crippen molar-refractivity contribution in [1.29, 1.82) is 0 Å². The van der Waals surface area contributed by atoms with Crippen LogP contribution in [0.1, 0.15) is 58.8 Å². The van der Waals surface area contributed by atoms with Gasteiger partial charge in [0.25, 0.3) is 0 Å². The largest absolute Gasteiger partial charge is 0.462 e. The van der Waals surface area contributed by atoms with Gasteiger partial charge >= 0.3 is 5.97 Å². The molecule has 0 N–H and O–H groups in total. The van der Waals surface area contributed by atoms with Gasteiger partial charge < -0.3 is 4.74 Å². The smallest absolute Gasteiger partial charge is 0.309 e.